The Hall–Kier alpha value is -2.04. The minimum Gasteiger partial charge on any atom is -0.383 e. The number of thioether (sulfide) groups is 1. The van der Waals surface area contributed by atoms with Gasteiger partial charge in [0.15, 0.2) is 0 Å². The van der Waals surface area contributed by atoms with Gasteiger partial charge in [0.25, 0.3) is 0 Å². The molecule has 2 N–H and O–H groups in total. The second kappa shape index (κ2) is 7.89. The van der Waals surface area contributed by atoms with E-state index in [-0.39, 0.29) is 18.4 Å². The molecule has 1 fully saturated rings. The molecule has 1 saturated carbocycles. The molecule has 0 aromatic heterocycles. The van der Waals surface area contributed by atoms with Crippen LogP contribution in [-0.2, 0) is 10.4 Å². The third-order valence-electron chi connectivity index (χ3n) is 4.60. The Labute approximate surface area is 153 Å². The van der Waals surface area contributed by atoms with E-state index in [4.69, 9.17) is 0 Å². The number of aliphatic hydroxyl groups is 1. The molecule has 2 aromatic rings. The summed E-state index contributed by atoms with van der Waals surface area (Å²) in [6.07, 6.45) is 7.34. The smallest absolute Gasteiger partial charge is 0.244 e. The molecule has 0 saturated heterocycles. The second-order valence-electron chi connectivity index (χ2n) is 6.39. The average Bonchev–Trinajstić information content (AvgIpc) is 3.51. The highest BCUT2D eigenvalue weighted by Gasteiger charge is 2.45. The number of benzene rings is 2. The summed E-state index contributed by atoms with van der Waals surface area (Å²) in [5, 5.41) is 13.9. The average molecular weight is 353 g/mol. The van der Waals surface area contributed by atoms with Gasteiger partial charge in [0.2, 0.25) is 5.91 Å². The van der Waals surface area contributed by atoms with Crippen molar-refractivity contribution in [1.82, 2.24) is 5.32 Å². The highest BCUT2D eigenvalue weighted by atomic mass is 32.2. The Morgan fingerprint density at radius 3 is 2.48 bits per heavy atom. The van der Waals surface area contributed by atoms with Crippen molar-refractivity contribution < 1.29 is 9.90 Å². The molecule has 0 heterocycles. The standard InChI is InChI=1S/C21H23NO2S/c1-25-19-12-7-16(8-13-19)9-14-20(23)22-15-21(24,18-10-11-18)17-5-3-2-4-6-17/h2-9,12-14,18,24H,10-11,15H2,1H3,(H,22,23)/b14-9+/t21-/m0/s1. The van der Waals surface area contributed by atoms with Gasteiger partial charge in [-0.1, -0.05) is 42.5 Å². The van der Waals surface area contributed by atoms with E-state index in [1.165, 1.54) is 11.0 Å². The van der Waals surface area contributed by atoms with E-state index in [0.29, 0.717) is 0 Å². The van der Waals surface area contributed by atoms with Crippen LogP contribution in [0.25, 0.3) is 6.08 Å². The number of carbonyl (C=O) groups is 1. The van der Waals surface area contributed by atoms with Crippen molar-refractivity contribution in [2.75, 3.05) is 12.8 Å². The second-order valence-corrected chi connectivity index (χ2v) is 7.27. The molecule has 0 aliphatic heterocycles. The fraction of sp³-hybridized carbons (Fsp3) is 0.286. The largest absolute Gasteiger partial charge is 0.383 e. The third-order valence-corrected chi connectivity index (χ3v) is 5.35. The van der Waals surface area contributed by atoms with Crippen molar-refractivity contribution >= 4 is 23.7 Å². The van der Waals surface area contributed by atoms with Gasteiger partial charge in [-0.25, -0.2) is 0 Å². The van der Waals surface area contributed by atoms with Crippen LogP contribution in [0.1, 0.15) is 24.0 Å². The molecule has 4 heteroatoms. The lowest BCUT2D eigenvalue weighted by atomic mass is 9.88. The van der Waals surface area contributed by atoms with E-state index in [9.17, 15) is 9.90 Å². The summed E-state index contributed by atoms with van der Waals surface area (Å²) >= 11 is 1.69. The zero-order valence-electron chi connectivity index (χ0n) is 14.3. The van der Waals surface area contributed by atoms with Crippen molar-refractivity contribution in [3.63, 3.8) is 0 Å². The molecule has 0 bridgehead atoms. The molecule has 0 spiro atoms. The zero-order valence-corrected chi connectivity index (χ0v) is 15.1. The van der Waals surface area contributed by atoms with Crippen molar-refractivity contribution in [2.24, 2.45) is 5.92 Å². The first kappa shape index (κ1) is 17.8. The quantitative estimate of drug-likeness (QED) is 0.587. The van der Waals surface area contributed by atoms with Crippen LogP contribution < -0.4 is 5.32 Å². The summed E-state index contributed by atoms with van der Waals surface area (Å²) in [5.74, 6) is 0.0298. The van der Waals surface area contributed by atoms with Crippen LogP contribution in [0, 0.1) is 5.92 Å². The first-order chi connectivity index (χ1) is 12.1. The summed E-state index contributed by atoms with van der Waals surface area (Å²) in [6, 6.07) is 17.7. The lowest BCUT2D eigenvalue weighted by Crippen LogP contribution is -2.42. The number of nitrogens with one attached hydrogen (secondary N) is 1. The summed E-state index contributed by atoms with van der Waals surface area (Å²) in [7, 11) is 0. The van der Waals surface area contributed by atoms with Gasteiger partial charge in [-0.3, -0.25) is 4.79 Å². The summed E-state index contributed by atoms with van der Waals surface area (Å²) in [6.45, 7) is 0.232. The Kier molecular flexibility index (Phi) is 5.61. The van der Waals surface area contributed by atoms with Gasteiger partial charge in [0.1, 0.15) is 5.60 Å². The number of hydrogen-bond donors (Lipinski definition) is 2. The Morgan fingerprint density at radius 1 is 1.20 bits per heavy atom. The molecule has 2 aromatic carbocycles. The Balaban J connectivity index is 1.61. The SMILES string of the molecule is CSc1ccc(/C=C/C(=O)NC[C@](O)(c2ccccc2)C2CC2)cc1. The van der Waals surface area contributed by atoms with E-state index >= 15 is 0 Å². The third kappa shape index (κ3) is 4.53. The molecule has 1 aliphatic carbocycles. The van der Waals surface area contributed by atoms with E-state index in [0.717, 1.165) is 24.0 Å². The van der Waals surface area contributed by atoms with Gasteiger partial charge in [-0.05, 0) is 54.4 Å². The van der Waals surface area contributed by atoms with Gasteiger partial charge >= 0.3 is 0 Å². The van der Waals surface area contributed by atoms with Crippen molar-refractivity contribution in [3.05, 3.63) is 71.8 Å². The Morgan fingerprint density at radius 2 is 1.88 bits per heavy atom. The monoisotopic (exact) mass is 353 g/mol. The molecule has 3 nitrogen and oxygen atoms in total. The number of carbonyl (C=O) groups excluding carboxylic acids is 1. The van der Waals surface area contributed by atoms with E-state index < -0.39 is 5.60 Å². The summed E-state index contributed by atoms with van der Waals surface area (Å²) in [5.41, 5.74) is 0.869. The molecular formula is C21H23NO2S. The van der Waals surface area contributed by atoms with Crippen molar-refractivity contribution in [1.29, 1.82) is 0 Å². The predicted octanol–water partition coefficient (Wildman–Crippen LogP) is 3.84. The van der Waals surface area contributed by atoms with Crippen molar-refractivity contribution in [3.8, 4) is 0 Å². The van der Waals surface area contributed by atoms with E-state index in [1.54, 1.807) is 17.8 Å². The van der Waals surface area contributed by atoms with Gasteiger partial charge in [-0.15, -0.1) is 11.8 Å². The molecule has 130 valence electrons. The zero-order chi connectivity index (χ0) is 17.7. The molecule has 3 rings (SSSR count). The molecule has 25 heavy (non-hydrogen) atoms. The van der Waals surface area contributed by atoms with Gasteiger partial charge < -0.3 is 10.4 Å². The van der Waals surface area contributed by atoms with Crippen LogP contribution in [0.5, 0.6) is 0 Å². The summed E-state index contributed by atoms with van der Waals surface area (Å²) in [4.78, 5) is 13.3. The number of amides is 1. The first-order valence-electron chi connectivity index (χ1n) is 8.50. The molecule has 0 radical (unpaired) electrons. The lowest BCUT2D eigenvalue weighted by molar-refractivity contribution is -0.118. The van der Waals surface area contributed by atoms with Crippen molar-refractivity contribution in [2.45, 2.75) is 23.3 Å². The van der Waals surface area contributed by atoms with E-state index in [1.807, 2.05) is 60.9 Å². The topological polar surface area (TPSA) is 49.3 Å². The highest BCUT2D eigenvalue weighted by molar-refractivity contribution is 7.98. The normalized spacial score (nSPS) is 16.6. The van der Waals surface area contributed by atoms with Crippen LogP contribution in [0.3, 0.4) is 0 Å². The Bertz CT molecular complexity index is 738. The number of rotatable bonds is 7. The maximum Gasteiger partial charge on any atom is 0.244 e. The van der Waals surface area contributed by atoms with Crippen LogP contribution in [0.2, 0.25) is 0 Å². The van der Waals surface area contributed by atoms with Crippen LogP contribution in [0.15, 0.2) is 65.6 Å². The maximum atomic E-state index is 12.1. The van der Waals surface area contributed by atoms with E-state index in [2.05, 4.69) is 5.32 Å². The first-order valence-corrected chi connectivity index (χ1v) is 9.72. The van der Waals surface area contributed by atoms with Crippen LogP contribution in [0.4, 0.5) is 0 Å². The van der Waals surface area contributed by atoms with Crippen LogP contribution in [-0.4, -0.2) is 23.8 Å². The van der Waals surface area contributed by atoms with Gasteiger partial charge in [0.05, 0.1) is 6.54 Å². The molecule has 1 aliphatic rings. The number of hydrogen-bond acceptors (Lipinski definition) is 3. The lowest BCUT2D eigenvalue weighted by Gasteiger charge is -2.29. The molecule has 1 atom stereocenters. The van der Waals surface area contributed by atoms with Gasteiger partial charge in [-0.2, -0.15) is 0 Å². The highest BCUT2D eigenvalue weighted by Crippen LogP contribution is 2.45. The fourth-order valence-corrected chi connectivity index (χ4v) is 3.35. The molecular weight excluding hydrogens is 330 g/mol. The fourth-order valence-electron chi connectivity index (χ4n) is 2.94. The van der Waals surface area contributed by atoms with Crippen LogP contribution >= 0.6 is 11.8 Å². The predicted molar refractivity (Wildman–Crippen MR) is 103 cm³/mol. The molecule has 0 unspecified atom stereocenters. The summed E-state index contributed by atoms with van der Waals surface area (Å²) < 4.78 is 0. The minimum absolute atomic E-state index is 0.191. The minimum atomic E-state index is -0.981. The van der Waals surface area contributed by atoms with Gasteiger partial charge in [0, 0.05) is 11.0 Å². The molecule has 1 amide bonds. The maximum absolute atomic E-state index is 12.1.